The Balaban J connectivity index is 1.00. The molecule has 6 aromatic carbocycles. The summed E-state index contributed by atoms with van der Waals surface area (Å²) in [5.41, 5.74) is 3.53. The number of nitrogens with zero attached hydrogens (tertiary/aromatic N) is 5. The maximum Gasteiger partial charge on any atom is 0.274 e. The van der Waals surface area contributed by atoms with Gasteiger partial charge in [-0.2, -0.15) is 0 Å². The van der Waals surface area contributed by atoms with Crippen LogP contribution in [0.1, 0.15) is 29.8 Å². The van der Waals surface area contributed by atoms with Gasteiger partial charge in [-0.05, 0) is 84.3 Å². The van der Waals surface area contributed by atoms with Crippen molar-refractivity contribution in [2.24, 2.45) is 5.92 Å². The highest BCUT2D eigenvalue weighted by Gasteiger charge is 2.29. The molecule has 7 N–H and O–H groups in total. The number of hydrogen-bond acceptors (Lipinski definition) is 19. The summed E-state index contributed by atoms with van der Waals surface area (Å²) in [7, 11) is -2.93. The number of pyridine rings is 1. The van der Waals surface area contributed by atoms with Crippen LogP contribution in [0.2, 0.25) is 0 Å². The van der Waals surface area contributed by atoms with Crippen LogP contribution in [0.4, 0.5) is 46.0 Å². The number of benzene rings is 6. The number of carbonyl (C=O) groups excluding carboxylic acids is 3. The number of methoxy groups -OCH3 is 4. The van der Waals surface area contributed by atoms with E-state index in [2.05, 4.69) is 35.7 Å². The quantitative estimate of drug-likeness (QED) is 0.0397. The molecular weight excluding hydrogens is 1080 g/mol. The van der Waals surface area contributed by atoms with Gasteiger partial charge >= 0.3 is 0 Å². The molecule has 0 bridgehead atoms. The molecule has 0 aliphatic heterocycles. The van der Waals surface area contributed by atoms with E-state index in [4.69, 9.17) is 38.9 Å². The lowest BCUT2D eigenvalue weighted by molar-refractivity contribution is -0.122. The number of fused-ring (bicyclic) bond motifs is 2. The Hall–Kier alpha value is -10.1. The molecule has 9 aromatic rings. The SMILES string of the molecule is COc1cc(Nc2nc3cc(-c4ccc5nc(Nc6cc(OC)cc(OC)c6)c(NS(=O)(=O)c6cccc(NC(=O)C7CCC(=O)C7)c6)nc5c4)ccc3nc2NS(=O)(=O)c2cccc(NC(=O)c3cccc(O)n3)c2)cc(OC)c1. The Morgan fingerprint density at radius 2 is 0.963 bits per heavy atom. The number of sulfonamides is 2. The zero-order chi connectivity index (χ0) is 57.0. The van der Waals surface area contributed by atoms with Crippen LogP contribution in [-0.2, 0) is 29.6 Å². The zero-order valence-corrected chi connectivity index (χ0v) is 45.1. The van der Waals surface area contributed by atoms with Gasteiger partial charge in [0.05, 0.1) is 60.3 Å². The fraction of sp³-hybridized carbons (Fsp3) is 0.143. The second-order valence-electron chi connectivity index (χ2n) is 18.3. The summed E-state index contributed by atoms with van der Waals surface area (Å²) in [6, 6.07) is 35.6. The van der Waals surface area contributed by atoms with Crippen molar-refractivity contribution in [2.75, 3.05) is 59.2 Å². The van der Waals surface area contributed by atoms with Crippen LogP contribution < -0.4 is 49.7 Å². The van der Waals surface area contributed by atoms with Gasteiger partial charge in [0.1, 0.15) is 34.5 Å². The second kappa shape index (κ2) is 22.7. The van der Waals surface area contributed by atoms with Gasteiger partial charge in [-0.25, -0.2) is 41.8 Å². The minimum absolute atomic E-state index is 0.00452. The van der Waals surface area contributed by atoms with Crippen molar-refractivity contribution in [3.05, 3.63) is 145 Å². The van der Waals surface area contributed by atoms with E-state index in [1.807, 2.05) is 0 Å². The molecule has 412 valence electrons. The lowest BCUT2D eigenvalue weighted by Crippen LogP contribution is -2.21. The summed E-state index contributed by atoms with van der Waals surface area (Å²) in [6.07, 6.45) is 0.844. The molecule has 0 spiro atoms. The van der Waals surface area contributed by atoms with E-state index in [1.165, 1.54) is 89.1 Å². The molecule has 10 rings (SSSR count). The van der Waals surface area contributed by atoms with Crippen molar-refractivity contribution in [3.8, 4) is 40.0 Å². The van der Waals surface area contributed by atoms with Gasteiger partial charge in [-0.3, -0.25) is 23.8 Å². The van der Waals surface area contributed by atoms with Gasteiger partial charge in [0.2, 0.25) is 11.8 Å². The van der Waals surface area contributed by atoms with Crippen LogP contribution in [0, 0.1) is 5.92 Å². The number of ether oxygens (including phenoxy) is 4. The van der Waals surface area contributed by atoms with Gasteiger partial charge in [-0.1, -0.05) is 30.3 Å². The highest BCUT2D eigenvalue weighted by atomic mass is 32.2. The standard InChI is InChI=1S/C56H49N11O12S2/c1-76-39-23-36(24-40(29-39)77-2)57-51-54(67-81(74,75)43-10-5-8-34(27-43)59-55(70)33-14-17-38(68)20-33)65-49-22-32(15-18-45(49)62-51)31-16-19-46-48(21-31)64-52(58-37-25-41(78-3)30-42(26-37)79-4)53(63-46)66-80(72,73)44-11-6-9-35(28-44)60-56(71)47-12-7-13-50(69)61-47/h5-13,15-16,18-19,21-30,33H,14,17,20H2,1-4H3,(H,57,62)(H,58,64)(H,59,70)(H,60,71)(H,61,69)(H,63,66)(H,65,67). The average molecular weight is 1130 g/mol. The van der Waals surface area contributed by atoms with Gasteiger partial charge in [-0.15, -0.1) is 0 Å². The number of amides is 2. The first-order valence-electron chi connectivity index (χ1n) is 24.6. The van der Waals surface area contributed by atoms with Crippen molar-refractivity contribution < 1.29 is 55.3 Å². The second-order valence-corrected chi connectivity index (χ2v) is 21.6. The minimum atomic E-state index is -4.44. The van der Waals surface area contributed by atoms with Gasteiger partial charge in [0, 0.05) is 84.0 Å². The van der Waals surface area contributed by atoms with E-state index < -0.39 is 31.9 Å². The van der Waals surface area contributed by atoms with E-state index in [9.17, 15) is 36.3 Å². The maximum absolute atomic E-state index is 14.3. The van der Waals surface area contributed by atoms with Crippen molar-refractivity contribution in [2.45, 2.75) is 29.1 Å². The molecule has 1 unspecified atom stereocenters. The predicted molar refractivity (Wildman–Crippen MR) is 303 cm³/mol. The normalized spacial score (nSPS) is 13.3. The van der Waals surface area contributed by atoms with E-state index in [-0.39, 0.29) is 85.2 Å². The number of rotatable bonds is 19. The van der Waals surface area contributed by atoms with Crippen LogP contribution in [0.5, 0.6) is 28.9 Å². The highest BCUT2D eigenvalue weighted by Crippen LogP contribution is 2.36. The monoisotopic (exact) mass is 1130 g/mol. The van der Waals surface area contributed by atoms with E-state index in [1.54, 1.807) is 78.9 Å². The molecule has 0 radical (unpaired) electrons. The van der Waals surface area contributed by atoms with Crippen LogP contribution in [0.3, 0.4) is 0 Å². The Bertz CT molecular complexity index is 4160. The highest BCUT2D eigenvalue weighted by molar-refractivity contribution is 7.93. The summed E-state index contributed by atoms with van der Waals surface area (Å²) in [6.45, 7) is 0. The first kappa shape index (κ1) is 54.2. The summed E-state index contributed by atoms with van der Waals surface area (Å²) in [5.74, 6) is -0.609. The molecule has 3 heterocycles. The van der Waals surface area contributed by atoms with E-state index in [0.29, 0.717) is 69.4 Å². The number of anilines is 8. The summed E-state index contributed by atoms with van der Waals surface area (Å²) < 4.78 is 84.0. The summed E-state index contributed by atoms with van der Waals surface area (Å²) >= 11 is 0. The molecule has 81 heavy (non-hydrogen) atoms. The van der Waals surface area contributed by atoms with Gasteiger partial charge in [0.25, 0.3) is 26.0 Å². The Morgan fingerprint density at radius 1 is 0.506 bits per heavy atom. The van der Waals surface area contributed by atoms with E-state index in [0.717, 1.165) is 0 Å². The average Bonchev–Trinajstić information content (AvgIpc) is 4.10. The first-order chi connectivity index (χ1) is 38.9. The Kier molecular flexibility index (Phi) is 15.2. The molecule has 25 heteroatoms. The molecule has 1 aliphatic rings. The number of carbonyl (C=O) groups is 3. The number of Topliss-reactive ketones (excluding diaryl/α,β-unsaturated/α-hetero) is 1. The molecule has 1 fully saturated rings. The lowest BCUT2D eigenvalue weighted by Gasteiger charge is -2.16. The first-order valence-corrected chi connectivity index (χ1v) is 27.6. The van der Waals surface area contributed by atoms with Gasteiger partial charge < -0.3 is 45.3 Å². The molecule has 3 aromatic heterocycles. The van der Waals surface area contributed by atoms with Gasteiger partial charge in [0.15, 0.2) is 23.3 Å². The Labute approximate surface area is 463 Å². The lowest BCUT2D eigenvalue weighted by atomic mass is 10.0. The minimum Gasteiger partial charge on any atom is -0.497 e. The van der Waals surface area contributed by atoms with E-state index >= 15 is 0 Å². The number of aromatic hydroxyl groups is 1. The van der Waals surface area contributed by atoms with Crippen LogP contribution in [0.15, 0.2) is 149 Å². The molecule has 2 amide bonds. The van der Waals surface area contributed by atoms with Crippen LogP contribution >= 0.6 is 0 Å². The molecular formula is C56H49N11O12S2. The van der Waals surface area contributed by atoms with Crippen LogP contribution in [-0.4, -0.2) is 92.9 Å². The Morgan fingerprint density at radius 3 is 1.43 bits per heavy atom. The third-order valence-corrected chi connectivity index (χ3v) is 15.4. The van der Waals surface area contributed by atoms with Crippen molar-refractivity contribution in [3.63, 3.8) is 0 Å². The number of nitrogens with one attached hydrogen (secondary N) is 6. The van der Waals surface area contributed by atoms with Crippen molar-refractivity contribution in [1.29, 1.82) is 0 Å². The molecule has 23 nitrogen and oxygen atoms in total. The number of aromatic nitrogens is 5. The maximum atomic E-state index is 14.3. The number of hydrogen-bond donors (Lipinski definition) is 7. The van der Waals surface area contributed by atoms with Crippen molar-refractivity contribution in [1.82, 2.24) is 24.9 Å². The predicted octanol–water partition coefficient (Wildman–Crippen LogP) is 9.02. The van der Waals surface area contributed by atoms with Crippen molar-refractivity contribution >= 4 is 106 Å². The number of ketones is 1. The third-order valence-electron chi connectivity index (χ3n) is 12.7. The largest absolute Gasteiger partial charge is 0.497 e. The smallest absolute Gasteiger partial charge is 0.274 e. The molecule has 1 saturated carbocycles. The topological polar surface area (TPSA) is 313 Å². The fourth-order valence-corrected chi connectivity index (χ4v) is 10.8. The summed E-state index contributed by atoms with van der Waals surface area (Å²) in [5, 5.41) is 21.4. The molecule has 1 aliphatic carbocycles. The third kappa shape index (κ3) is 12.4. The molecule has 0 saturated heterocycles. The zero-order valence-electron chi connectivity index (χ0n) is 43.5. The van der Waals surface area contributed by atoms with Crippen LogP contribution in [0.25, 0.3) is 33.2 Å². The summed E-state index contributed by atoms with van der Waals surface area (Å²) in [4.78, 5) is 60.5. The fourth-order valence-electron chi connectivity index (χ4n) is 8.70. The molecule has 1 atom stereocenters.